The van der Waals surface area contributed by atoms with Crippen LogP contribution in [0.5, 0.6) is 0 Å². The van der Waals surface area contributed by atoms with Gasteiger partial charge in [0.05, 0.1) is 0 Å². The maximum atomic E-state index is 3.76. The van der Waals surface area contributed by atoms with E-state index in [0.717, 1.165) is 17.3 Å². The summed E-state index contributed by atoms with van der Waals surface area (Å²) in [6.45, 7) is 2.42. The Morgan fingerprint density at radius 2 is 1.94 bits per heavy atom. The van der Waals surface area contributed by atoms with E-state index < -0.39 is 0 Å². The van der Waals surface area contributed by atoms with E-state index >= 15 is 0 Å². The Kier molecular flexibility index (Phi) is 5.46. The molecule has 2 aliphatic rings. The fraction of sp³-hybridized carbons (Fsp3) is 1.00. The van der Waals surface area contributed by atoms with Crippen molar-refractivity contribution in [1.29, 1.82) is 0 Å². The van der Waals surface area contributed by atoms with Gasteiger partial charge in [0.15, 0.2) is 0 Å². The van der Waals surface area contributed by atoms with Gasteiger partial charge in [-0.2, -0.15) is 11.8 Å². The molecule has 0 radical (unpaired) electrons. The minimum Gasteiger partial charge on any atom is -0.313 e. The zero-order valence-corrected chi connectivity index (χ0v) is 11.3. The molecule has 0 bridgehead atoms. The monoisotopic (exact) mass is 242 g/mol. The zero-order valence-electron chi connectivity index (χ0n) is 10.5. The number of hydrogen-bond donors (Lipinski definition) is 2. The van der Waals surface area contributed by atoms with Gasteiger partial charge in [-0.05, 0) is 51.3 Å². The van der Waals surface area contributed by atoms with Crippen LogP contribution in [-0.4, -0.2) is 36.7 Å². The quantitative estimate of drug-likeness (QED) is 0.791. The highest BCUT2D eigenvalue weighted by Crippen LogP contribution is 2.26. The third-order valence-electron chi connectivity index (χ3n) is 4.07. The Balaban J connectivity index is 1.59. The molecule has 1 unspecified atom stereocenters. The molecule has 94 valence electrons. The van der Waals surface area contributed by atoms with E-state index in [-0.39, 0.29) is 0 Å². The van der Waals surface area contributed by atoms with Crippen molar-refractivity contribution in [2.75, 3.05) is 19.3 Å². The van der Waals surface area contributed by atoms with Gasteiger partial charge in [0.2, 0.25) is 0 Å². The molecule has 1 aliphatic carbocycles. The minimum absolute atomic E-state index is 0.743. The molecular weight excluding hydrogens is 216 g/mol. The lowest BCUT2D eigenvalue weighted by molar-refractivity contribution is 0.329. The van der Waals surface area contributed by atoms with E-state index in [0.29, 0.717) is 0 Å². The predicted molar refractivity (Wildman–Crippen MR) is 73.2 cm³/mol. The van der Waals surface area contributed by atoms with Gasteiger partial charge in [0.1, 0.15) is 0 Å². The van der Waals surface area contributed by atoms with Crippen molar-refractivity contribution in [1.82, 2.24) is 10.6 Å². The van der Waals surface area contributed by atoms with Gasteiger partial charge in [-0.3, -0.25) is 0 Å². The molecule has 3 heteroatoms. The zero-order chi connectivity index (χ0) is 11.2. The van der Waals surface area contributed by atoms with Gasteiger partial charge in [-0.1, -0.05) is 6.42 Å². The molecule has 0 aromatic rings. The third kappa shape index (κ3) is 3.94. The predicted octanol–water partition coefficient (Wildman–Crippen LogP) is 2.39. The SMILES string of the molecule is CSC1CCC(NCC2CCCCN2)CC1. The Morgan fingerprint density at radius 3 is 2.56 bits per heavy atom. The molecule has 1 saturated carbocycles. The number of thioether (sulfide) groups is 1. The molecule has 1 saturated heterocycles. The average molecular weight is 242 g/mol. The molecular formula is C13H26N2S. The Labute approximate surface area is 104 Å². The first-order valence-corrected chi connectivity index (χ1v) is 8.17. The van der Waals surface area contributed by atoms with Crippen LogP contribution in [0.2, 0.25) is 0 Å². The molecule has 2 nitrogen and oxygen atoms in total. The van der Waals surface area contributed by atoms with E-state index in [2.05, 4.69) is 28.7 Å². The Hall–Kier alpha value is 0.270. The van der Waals surface area contributed by atoms with Crippen molar-refractivity contribution in [3.8, 4) is 0 Å². The minimum atomic E-state index is 0.743. The van der Waals surface area contributed by atoms with Crippen LogP contribution in [0.25, 0.3) is 0 Å². The Bertz CT molecular complexity index is 184. The van der Waals surface area contributed by atoms with E-state index in [9.17, 15) is 0 Å². The molecule has 0 amide bonds. The first kappa shape index (κ1) is 12.7. The Morgan fingerprint density at radius 1 is 1.12 bits per heavy atom. The summed E-state index contributed by atoms with van der Waals surface area (Å²) in [6, 6.07) is 1.54. The van der Waals surface area contributed by atoms with Gasteiger partial charge in [0, 0.05) is 23.9 Å². The van der Waals surface area contributed by atoms with Gasteiger partial charge in [-0.15, -0.1) is 0 Å². The maximum absolute atomic E-state index is 3.76. The fourth-order valence-corrected chi connectivity index (χ4v) is 3.65. The van der Waals surface area contributed by atoms with Gasteiger partial charge in [-0.25, -0.2) is 0 Å². The van der Waals surface area contributed by atoms with Crippen LogP contribution in [0.3, 0.4) is 0 Å². The highest BCUT2D eigenvalue weighted by Gasteiger charge is 2.21. The largest absolute Gasteiger partial charge is 0.313 e. The fourth-order valence-electron chi connectivity index (χ4n) is 2.91. The summed E-state index contributed by atoms with van der Waals surface area (Å²) in [5.41, 5.74) is 0. The van der Waals surface area contributed by atoms with Crippen molar-refractivity contribution in [2.45, 2.75) is 62.3 Å². The second-order valence-electron chi connectivity index (χ2n) is 5.26. The summed E-state index contributed by atoms with van der Waals surface area (Å²) in [6.07, 6.45) is 12.0. The van der Waals surface area contributed by atoms with Crippen LogP contribution in [0.1, 0.15) is 44.9 Å². The average Bonchev–Trinajstić information content (AvgIpc) is 2.38. The topological polar surface area (TPSA) is 24.1 Å². The maximum Gasteiger partial charge on any atom is 0.0192 e. The number of piperidine rings is 1. The number of hydrogen-bond acceptors (Lipinski definition) is 3. The lowest BCUT2D eigenvalue weighted by Crippen LogP contribution is -2.45. The van der Waals surface area contributed by atoms with Crippen LogP contribution in [0.15, 0.2) is 0 Å². The first-order chi connectivity index (χ1) is 7.88. The van der Waals surface area contributed by atoms with Crippen molar-refractivity contribution < 1.29 is 0 Å². The smallest absolute Gasteiger partial charge is 0.0192 e. The van der Waals surface area contributed by atoms with E-state index in [1.807, 2.05) is 0 Å². The second-order valence-corrected chi connectivity index (χ2v) is 6.40. The van der Waals surface area contributed by atoms with Crippen molar-refractivity contribution in [3.05, 3.63) is 0 Å². The molecule has 2 fully saturated rings. The number of nitrogens with one attached hydrogen (secondary N) is 2. The van der Waals surface area contributed by atoms with E-state index in [4.69, 9.17) is 0 Å². The molecule has 16 heavy (non-hydrogen) atoms. The summed E-state index contributed by atoms with van der Waals surface area (Å²) in [7, 11) is 0. The molecule has 1 atom stereocenters. The van der Waals surface area contributed by atoms with Crippen molar-refractivity contribution >= 4 is 11.8 Å². The van der Waals surface area contributed by atoms with Crippen LogP contribution in [-0.2, 0) is 0 Å². The van der Waals surface area contributed by atoms with Crippen LogP contribution in [0.4, 0.5) is 0 Å². The van der Waals surface area contributed by atoms with Gasteiger partial charge in [0.25, 0.3) is 0 Å². The van der Waals surface area contributed by atoms with Crippen LogP contribution in [0, 0.1) is 0 Å². The van der Waals surface area contributed by atoms with Gasteiger partial charge < -0.3 is 10.6 Å². The van der Waals surface area contributed by atoms with Gasteiger partial charge >= 0.3 is 0 Å². The highest BCUT2D eigenvalue weighted by molar-refractivity contribution is 7.99. The molecule has 2 rings (SSSR count). The van der Waals surface area contributed by atoms with Crippen LogP contribution < -0.4 is 10.6 Å². The van der Waals surface area contributed by atoms with Crippen LogP contribution >= 0.6 is 11.8 Å². The highest BCUT2D eigenvalue weighted by atomic mass is 32.2. The summed E-state index contributed by atoms with van der Waals surface area (Å²) in [5, 5.41) is 8.31. The molecule has 2 N–H and O–H groups in total. The summed E-state index contributed by atoms with van der Waals surface area (Å²) < 4.78 is 0. The molecule has 0 spiro atoms. The number of rotatable bonds is 4. The first-order valence-electron chi connectivity index (χ1n) is 6.88. The molecule has 0 aromatic carbocycles. The van der Waals surface area contributed by atoms with Crippen molar-refractivity contribution in [2.24, 2.45) is 0 Å². The summed E-state index contributed by atoms with van der Waals surface area (Å²) >= 11 is 2.05. The van der Waals surface area contributed by atoms with E-state index in [1.165, 1.54) is 58.0 Å². The standard InChI is InChI=1S/C13H26N2S/c1-16-13-7-5-11(6-8-13)15-10-12-4-2-3-9-14-12/h11-15H,2-10H2,1H3. The van der Waals surface area contributed by atoms with E-state index in [1.54, 1.807) is 0 Å². The molecule has 0 aromatic heterocycles. The van der Waals surface area contributed by atoms with Crippen molar-refractivity contribution in [3.63, 3.8) is 0 Å². The summed E-state index contributed by atoms with van der Waals surface area (Å²) in [5.74, 6) is 0. The lowest BCUT2D eigenvalue weighted by atomic mass is 9.94. The lowest BCUT2D eigenvalue weighted by Gasteiger charge is -2.31. The summed E-state index contributed by atoms with van der Waals surface area (Å²) in [4.78, 5) is 0. The molecule has 1 aliphatic heterocycles. The normalized spacial score (nSPS) is 36.2. The second kappa shape index (κ2) is 6.87. The molecule has 1 heterocycles. The third-order valence-corrected chi connectivity index (χ3v) is 5.21.